The van der Waals surface area contributed by atoms with E-state index in [1.807, 2.05) is 43.3 Å². The maximum absolute atomic E-state index is 5.67. The van der Waals surface area contributed by atoms with Gasteiger partial charge in [0.05, 0.1) is 0 Å². The molecule has 1 aromatic rings. The lowest BCUT2D eigenvalue weighted by Gasteiger charge is -2.19. The molecule has 0 unspecified atom stereocenters. The smallest absolute Gasteiger partial charge is 0.170 e. The monoisotopic (exact) mass is 200 g/mol. The van der Waals surface area contributed by atoms with E-state index in [0.717, 1.165) is 17.3 Å². The third kappa shape index (κ3) is 1.94. The standard InChI is InChI=1S/C13H12O2/c1-3-4-7-11-10(2)14-12-8-5-6-9-13(12)15-11/h3-9H,1H2,2H3/b7-4-. The zero-order chi connectivity index (χ0) is 10.7. The molecule has 2 heteroatoms. The average molecular weight is 200 g/mol. The second-order valence-corrected chi connectivity index (χ2v) is 3.17. The van der Waals surface area contributed by atoms with Crippen LogP contribution in [0.1, 0.15) is 6.92 Å². The molecular weight excluding hydrogens is 188 g/mol. The van der Waals surface area contributed by atoms with Gasteiger partial charge in [0, 0.05) is 0 Å². The molecule has 0 saturated heterocycles. The van der Waals surface area contributed by atoms with Crippen molar-refractivity contribution in [2.24, 2.45) is 0 Å². The number of para-hydroxylation sites is 2. The second-order valence-electron chi connectivity index (χ2n) is 3.17. The van der Waals surface area contributed by atoms with Crippen LogP contribution in [0.2, 0.25) is 0 Å². The van der Waals surface area contributed by atoms with Crippen LogP contribution < -0.4 is 9.47 Å². The molecule has 0 aromatic heterocycles. The van der Waals surface area contributed by atoms with Crippen LogP contribution in [0.25, 0.3) is 0 Å². The van der Waals surface area contributed by atoms with Gasteiger partial charge in [-0.3, -0.25) is 0 Å². The Morgan fingerprint density at radius 2 is 1.80 bits per heavy atom. The van der Waals surface area contributed by atoms with E-state index >= 15 is 0 Å². The van der Waals surface area contributed by atoms with Crippen LogP contribution in [-0.4, -0.2) is 0 Å². The van der Waals surface area contributed by atoms with Crippen molar-refractivity contribution >= 4 is 0 Å². The van der Waals surface area contributed by atoms with E-state index in [1.165, 1.54) is 0 Å². The summed E-state index contributed by atoms with van der Waals surface area (Å²) in [4.78, 5) is 0. The number of fused-ring (bicyclic) bond motifs is 1. The highest BCUT2D eigenvalue weighted by Gasteiger charge is 2.15. The molecule has 15 heavy (non-hydrogen) atoms. The summed E-state index contributed by atoms with van der Waals surface area (Å²) < 4.78 is 11.3. The Labute approximate surface area is 89.1 Å². The van der Waals surface area contributed by atoms with Gasteiger partial charge in [-0.05, 0) is 25.1 Å². The average Bonchev–Trinajstić information content (AvgIpc) is 2.26. The summed E-state index contributed by atoms with van der Waals surface area (Å²) in [5.74, 6) is 2.97. The summed E-state index contributed by atoms with van der Waals surface area (Å²) in [5.41, 5.74) is 0. The lowest BCUT2D eigenvalue weighted by atomic mass is 10.2. The Bertz CT molecular complexity index is 442. The summed E-state index contributed by atoms with van der Waals surface area (Å²) in [7, 11) is 0. The molecule has 0 fully saturated rings. The van der Waals surface area contributed by atoms with Crippen molar-refractivity contribution in [3.63, 3.8) is 0 Å². The number of allylic oxidation sites excluding steroid dienone is 4. The number of hydrogen-bond donors (Lipinski definition) is 0. The van der Waals surface area contributed by atoms with Crippen molar-refractivity contribution < 1.29 is 9.47 Å². The van der Waals surface area contributed by atoms with Gasteiger partial charge in [0.15, 0.2) is 17.3 Å². The Kier molecular flexibility index (Phi) is 2.59. The molecule has 0 radical (unpaired) electrons. The summed E-state index contributed by atoms with van der Waals surface area (Å²) >= 11 is 0. The normalized spacial score (nSPS) is 14.5. The SMILES string of the molecule is C=C/C=C\C1=C(C)Oc2ccccc2O1. The lowest BCUT2D eigenvalue weighted by Crippen LogP contribution is -2.08. The van der Waals surface area contributed by atoms with Gasteiger partial charge in [-0.2, -0.15) is 0 Å². The van der Waals surface area contributed by atoms with Crippen LogP contribution in [0.5, 0.6) is 11.5 Å². The molecule has 0 aliphatic carbocycles. The Morgan fingerprint density at radius 1 is 1.13 bits per heavy atom. The van der Waals surface area contributed by atoms with E-state index in [2.05, 4.69) is 6.58 Å². The molecule has 0 atom stereocenters. The summed E-state index contributed by atoms with van der Waals surface area (Å²) in [6.45, 7) is 5.48. The molecule has 1 aromatic carbocycles. The van der Waals surface area contributed by atoms with E-state index in [0.29, 0.717) is 5.76 Å². The summed E-state index contributed by atoms with van der Waals surface area (Å²) in [6.07, 6.45) is 5.35. The first kappa shape index (κ1) is 9.59. The van der Waals surface area contributed by atoms with E-state index in [1.54, 1.807) is 6.08 Å². The van der Waals surface area contributed by atoms with Gasteiger partial charge in [0.25, 0.3) is 0 Å². The van der Waals surface area contributed by atoms with Crippen LogP contribution in [-0.2, 0) is 0 Å². The fourth-order valence-corrected chi connectivity index (χ4v) is 1.33. The number of benzene rings is 1. The predicted molar refractivity (Wildman–Crippen MR) is 59.7 cm³/mol. The van der Waals surface area contributed by atoms with Gasteiger partial charge in [-0.1, -0.05) is 30.9 Å². The zero-order valence-corrected chi connectivity index (χ0v) is 8.57. The summed E-state index contributed by atoms with van der Waals surface area (Å²) in [5, 5.41) is 0. The zero-order valence-electron chi connectivity index (χ0n) is 8.57. The van der Waals surface area contributed by atoms with Gasteiger partial charge in [-0.15, -0.1) is 0 Å². The van der Waals surface area contributed by atoms with E-state index in [4.69, 9.17) is 9.47 Å². The van der Waals surface area contributed by atoms with Gasteiger partial charge in [0.1, 0.15) is 5.76 Å². The topological polar surface area (TPSA) is 18.5 Å². The Balaban J connectivity index is 2.31. The first-order valence-corrected chi connectivity index (χ1v) is 4.76. The van der Waals surface area contributed by atoms with Crippen LogP contribution in [0.4, 0.5) is 0 Å². The fourth-order valence-electron chi connectivity index (χ4n) is 1.33. The van der Waals surface area contributed by atoms with Gasteiger partial charge in [0.2, 0.25) is 0 Å². The minimum absolute atomic E-state index is 0.716. The van der Waals surface area contributed by atoms with Crippen molar-refractivity contribution in [2.75, 3.05) is 0 Å². The van der Waals surface area contributed by atoms with E-state index in [-0.39, 0.29) is 0 Å². The molecule has 0 bridgehead atoms. The van der Waals surface area contributed by atoms with E-state index < -0.39 is 0 Å². The molecule has 0 spiro atoms. The molecule has 2 nitrogen and oxygen atoms in total. The van der Waals surface area contributed by atoms with Crippen molar-refractivity contribution in [1.29, 1.82) is 0 Å². The first-order valence-electron chi connectivity index (χ1n) is 4.76. The minimum Gasteiger partial charge on any atom is -0.454 e. The van der Waals surface area contributed by atoms with Crippen molar-refractivity contribution in [2.45, 2.75) is 6.92 Å². The van der Waals surface area contributed by atoms with E-state index in [9.17, 15) is 0 Å². The molecule has 1 aliphatic heterocycles. The maximum atomic E-state index is 5.67. The first-order chi connectivity index (χ1) is 7.31. The minimum atomic E-state index is 0.716. The fraction of sp³-hybridized carbons (Fsp3) is 0.0769. The molecule has 76 valence electrons. The summed E-state index contributed by atoms with van der Waals surface area (Å²) in [6, 6.07) is 7.59. The van der Waals surface area contributed by atoms with Crippen molar-refractivity contribution in [1.82, 2.24) is 0 Å². The lowest BCUT2D eigenvalue weighted by molar-refractivity contribution is 0.306. The molecule has 1 heterocycles. The Morgan fingerprint density at radius 3 is 2.47 bits per heavy atom. The molecule has 2 rings (SSSR count). The van der Waals surface area contributed by atoms with Crippen LogP contribution in [0.3, 0.4) is 0 Å². The third-order valence-electron chi connectivity index (χ3n) is 2.06. The largest absolute Gasteiger partial charge is 0.454 e. The number of ether oxygens (including phenoxy) is 2. The predicted octanol–water partition coefficient (Wildman–Crippen LogP) is 3.43. The van der Waals surface area contributed by atoms with Crippen molar-refractivity contribution in [3.8, 4) is 11.5 Å². The Hall–Kier alpha value is -1.96. The third-order valence-corrected chi connectivity index (χ3v) is 2.06. The van der Waals surface area contributed by atoms with Gasteiger partial charge < -0.3 is 9.47 Å². The molecule has 0 saturated carbocycles. The highest BCUT2D eigenvalue weighted by Crippen LogP contribution is 2.34. The van der Waals surface area contributed by atoms with Crippen molar-refractivity contribution in [3.05, 3.63) is 60.6 Å². The molecule has 0 amide bonds. The van der Waals surface area contributed by atoms with Crippen LogP contribution >= 0.6 is 0 Å². The molecule has 1 aliphatic rings. The quantitative estimate of drug-likeness (QED) is 0.681. The number of rotatable bonds is 2. The molecular formula is C13H12O2. The van der Waals surface area contributed by atoms with Gasteiger partial charge in [-0.25, -0.2) is 0 Å². The number of hydrogen-bond acceptors (Lipinski definition) is 2. The van der Waals surface area contributed by atoms with Crippen LogP contribution in [0, 0.1) is 0 Å². The highest BCUT2D eigenvalue weighted by molar-refractivity contribution is 5.45. The molecule has 0 N–H and O–H groups in total. The van der Waals surface area contributed by atoms with Crippen LogP contribution in [0.15, 0.2) is 60.6 Å². The highest BCUT2D eigenvalue weighted by atomic mass is 16.6. The maximum Gasteiger partial charge on any atom is 0.170 e. The second kappa shape index (κ2) is 4.05. The van der Waals surface area contributed by atoms with Gasteiger partial charge >= 0.3 is 0 Å².